The van der Waals surface area contributed by atoms with E-state index >= 15 is 0 Å². The molecule has 0 amide bonds. The molecule has 1 aromatic rings. The van der Waals surface area contributed by atoms with Gasteiger partial charge in [-0.2, -0.15) is 0 Å². The zero-order valence-corrected chi connectivity index (χ0v) is 12.1. The number of hydrogen-bond acceptors (Lipinski definition) is 2. The van der Waals surface area contributed by atoms with Crippen molar-refractivity contribution >= 4 is 21.9 Å². The maximum atomic E-state index is 13.9. The van der Waals surface area contributed by atoms with Gasteiger partial charge in [0, 0.05) is 10.0 Å². The predicted octanol–water partition coefficient (Wildman–Crippen LogP) is 3.99. The third-order valence-electron chi connectivity index (χ3n) is 2.80. The summed E-state index contributed by atoms with van der Waals surface area (Å²) in [5.41, 5.74) is -0.735. The molecule has 1 rings (SSSR count). The van der Waals surface area contributed by atoms with Crippen LogP contribution in [0, 0.1) is 5.82 Å². The van der Waals surface area contributed by atoms with Gasteiger partial charge in [0.25, 0.3) is 0 Å². The molecule has 0 fully saturated rings. The lowest BCUT2D eigenvalue weighted by molar-refractivity contribution is -0.149. The zero-order chi connectivity index (χ0) is 13.8. The molecule has 2 nitrogen and oxygen atoms in total. The molecule has 0 N–H and O–H groups in total. The van der Waals surface area contributed by atoms with Crippen LogP contribution >= 0.6 is 15.9 Å². The van der Waals surface area contributed by atoms with Gasteiger partial charge >= 0.3 is 5.97 Å². The van der Waals surface area contributed by atoms with Gasteiger partial charge in [0.15, 0.2) is 0 Å². The molecule has 1 atom stereocenters. The average molecular weight is 315 g/mol. The standard InChI is InChI=1S/C14H16BrFO2/c1-4-8-14(3,13(17)18-5-2)11-9-10(15)6-7-12(11)16/h4,6-7,9H,1,5,8H2,2-3H3. The van der Waals surface area contributed by atoms with Gasteiger partial charge < -0.3 is 4.74 Å². The number of carbonyl (C=O) groups excluding carboxylic acids is 1. The van der Waals surface area contributed by atoms with Crippen LogP contribution in [0.5, 0.6) is 0 Å². The molecule has 0 spiro atoms. The number of halogens is 2. The second-order valence-corrected chi connectivity index (χ2v) is 5.09. The van der Waals surface area contributed by atoms with Gasteiger partial charge in [-0.25, -0.2) is 4.39 Å². The van der Waals surface area contributed by atoms with Crippen LogP contribution in [0.1, 0.15) is 25.8 Å². The lowest BCUT2D eigenvalue weighted by Crippen LogP contribution is -2.35. The van der Waals surface area contributed by atoms with Crippen molar-refractivity contribution in [1.82, 2.24) is 0 Å². The van der Waals surface area contributed by atoms with E-state index in [1.807, 2.05) is 0 Å². The molecule has 18 heavy (non-hydrogen) atoms. The molecule has 4 heteroatoms. The van der Waals surface area contributed by atoms with Crippen molar-refractivity contribution in [1.29, 1.82) is 0 Å². The Kier molecular flexibility index (Phi) is 5.08. The van der Waals surface area contributed by atoms with Crippen molar-refractivity contribution in [3.8, 4) is 0 Å². The fourth-order valence-corrected chi connectivity index (χ4v) is 2.16. The van der Waals surface area contributed by atoms with E-state index in [-0.39, 0.29) is 6.61 Å². The van der Waals surface area contributed by atoms with E-state index in [1.165, 1.54) is 6.07 Å². The Morgan fingerprint density at radius 2 is 2.28 bits per heavy atom. The van der Waals surface area contributed by atoms with E-state index in [1.54, 1.807) is 32.1 Å². The lowest BCUT2D eigenvalue weighted by Gasteiger charge is -2.27. The van der Waals surface area contributed by atoms with Gasteiger partial charge in [0.1, 0.15) is 5.82 Å². The van der Waals surface area contributed by atoms with Gasteiger partial charge in [-0.1, -0.05) is 22.0 Å². The summed E-state index contributed by atoms with van der Waals surface area (Å²) < 4.78 is 19.7. The van der Waals surface area contributed by atoms with Crippen LogP contribution < -0.4 is 0 Å². The Morgan fingerprint density at radius 3 is 2.83 bits per heavy atom. The SMILES string of the molecule is C=CCC(C)(C(=O)OCC)c1cc(Br)ccc1F. The second kappa shape index (κ2) is 6.14. The fourth-order valence-electron chi connectivity index (χ4n) is 1.80. The Balaban J connectivity index is 3.29. The first-order valence-electron chi connectivity index (χ1n) is 5.69. The number of esters is 1. The molecule has 1 unspecified atom stereocenters. The smallest absolute Gasteiger partial charge is 0.316 e. The largest absolute Gasteiger partial charge is 0.465 e. The quantitative estimate of drug-likeness (QED) is 0.607. The number of hydrogen-bond donors (Lipinski definition) is 0. The van der Waals surface area contributed by atoms with Gasteiger partial charge in [-0.05, 0) is 38.5 Å². The minimum atomic E-state index is -1.05. The van der Waals surface area contributed by atoms with Crippen LogP contribution in [0.3, 0.4) is 0 Å². The molecule has 98 valence electrons. The first-order valence-corrected chi connectivity index (χ1v) is 6.48. The summed E-state index contributed by atoms with van der Waals surface area (Å²) >= 11 is 3.28. The van der Waals surface area contributed by atoms with Crippen molar-refractivity contribution in [2.24, 2.45) is 0 Å². The molecule has 0 radical (unpaired) electrons. The maximum absolute atomic E-state index is 13.9. The summed E-state index contributed by atoms with van der Waals surface area (Å²) in [6, 6.07) is 4.54. The summed E-state index contributed by atoms with van der Waals surface area (Å²) in [6.45, 7) is 7.28. The normalized spacial score (nSPS) is 13.8. The molecule has 0 saturated carbocycles. The maximum Gasteiger partial charge on any atom is 0.316 e. The van der Waals surface area contributed by atoms with E-state index < -0.39 is 17.2 Å². The van der Waals surface area contributed by atoms with E-state index in [9.17, 15) is 9.18 Å². The van der Waals surface area contributed by atoms with E-state index in [0.717, 1.165) is 4.47 Å². The number of allylic oxidation sites excluding steroid dienone is 1. The molecular weight excluding hydrogens is 299 g/mol. The first-order chi connectivity index (χ1) is 8.45. The summed E-state index contributed by atoms with van der Waals surface area (Å²) in [5.74, 6) is -0.863. The molecule has 0 heterocycles. The fraction of sp³-hybridized carbons (Fsp3) is 0.357. The molecule has 0 aliphatic rings. The summed E-state index contributed by atoms with van der Waals surface area (Å²) in [5, 5.41) is 0. The van der Waals surface area contributed by atoms with Gasteiger partial charge in [0.2, 0.25) is 0 Å². The number of rotatable bonds is 5. The topological polar surface area (TPSA) is 26.3 Å². The summed E-state index contributed by atoms with van der Waals surface area (Å²) in [6.07, 6.45) is 1.91. The first kappa shape index (κ1) is 14.9. The zero-order valence-electron chi connectivity index (χ0n) is 10.5. The van der Waals surface area contributed by atoms with Crippen molar-refractivity contribution < 1.29 is 13.9 Å². The Hall–Kier alpha value is -1.16. The van der Waals surface area contributed by atoms with Gasteiger partial charge in [0.05, 0.1) is 12.0 Å². The molecule has 0 aliphatic carbocycles. The highest BCUT2D eigenvalue weighted by Crippen LogP contribution is 2.33. The van der Waals surface area contributed by atoms with E-state index in [4.69, 9.17) is 4.74 Å². The third kappa shape index (κ3) is 2.99. The Labute approximate surface area is 115 Å². The predicted molar refractivity (Wildman–Crippen MR) is 72.9 cm³/mol. The summed E-state index contributed by atoms with van der Waals surface area (Å²) in [4.78, 5) is 12.1. The number of benzene rings is 1. The van der Waals surface area contributed by atoms with Crippen LogP contribution in [0.25, 0.3) is 0 Å². The van der Waals surface area contributed by atoms with Gasteiger partial charge in [-0.15, -0.1) is 6.58 Å². The highest BCUT2D eigenvalue weighted by Gasteiger charge is 2.37. The van der Waals surface area contributed by atoms with Crippen molar-refractivity contribution in [2.45, 2.75) is 25.7 Å². The van der Waals surface area contributed by atoms with Crippen LogP contribution in [0.4, 0.5) is 4.39 Å². The average Bonchev–Trinajstić information content (AvgIpc) is 2.32. The minimum absolute atomic E-state index is 0.265. The van der Waals surface area contributed by atoms with Crippen LogP contribution in [0.2, 0.25) is 0 Å². The lowest BCUT2D eigenvalue weighted by atomic mass is 9.79. The summed E-state index contributed by atoms with van der Waals surface area (Å²) in [7, 11) is 0. The van der Waals surface area contributed by atoms with Crippen molar-refractivity contribution in [3.63, 3.8) is 0 Å². The minimum Gasteiger partial charge on any atom is -0.465 e. The van der Waals surface area contributed by atoms with Crippen LogP contribution in [-0.2, 0) is 14.9 Å². The van der Waals surface area contributed by atoms with Crippen LogP contribution in [0.15, 0.2) is 35.3 Å². The van der Waals surface area contributed by atoms with E-state index in [2.05, 4.69) is 22.5 Å². The highest BCUT2D eigenvalue weighted by atomic mass is 79.9. The molecule has 0 aromatic heterocycles. The third-order valence-corrected chi connectivity index (χ3v) is 3.29. The molecule has 1 aromatic carbocycles. The Morgan fingerprint density at radius 1 is 1.61 bits per heavy atom. The van der Waals surface area contributed by atoms with Crippen molar-refractivity contribution in [2.75, 3.05) is 6.61 Å². The van der Waals surface area contributed by atoms with Gasteiger partial charge in [-0.3, -0.25) is 4.79 Å². The molecule has 0 aliphatic heterocycles. The molecule has 0 bridgehead atoms. The van der Waals surface area contributed by atoms with Crippen LogP contribution in [-0.4, -0.2) is 12.6 Å². The van der Waals surface area contributed by atoms with E-state index in [0.29, 0.717) is 12.0 Å². The monoisotopic (exact) mass is 314 g/mol. The number of ether oxygens (including phenoxy) is 1. The molecule has 0 saturated heterocycles. The highest BCUT2D eigenvalue weighted by molar-refractivity contribution is 9.10. The molecular formula is C14H16BrFO2. The Bertz CT molecular complexity index is 459. The second-order valence-electron chi connectivity index (χ2n) is 4.17. The number of carbonyl (C=O) groups is 1. The van der Waals surface area contributed by atoms with Crippen molar-refractivity contribution in [3.05, 3.63) is 46.7 Å².